The SMILES string of the molecule is Cc1cc(OCC(=O)N2C[C@@H]3CCCN3C(=O)[C@@H]2C)c2c(C)c(C)c(=O)oc2c1. The highest BCUT2D eigenvalue weighted by atomic mass is 16.5. The van der Waals surface area contributed by atoms with Crippen molar-refractivity contribution in [3.63, 3.8) is 0 Å². The Kier molecular flexibility index (Phi) is 4.84. The van der Waals surface area contributed by atoms with Crippen LogP contribution in [0.1, 0.15) is 36.5 Å². The van der Waals surface area contributed by atoms with Crippen molar-refractivity contribution < 1.29 is 18.7 Å². The van der Waals surface area contributed by atoms with Crippen LogP contribution in [0.25, 0.3) is 11.0 Å². The van der Waals surface area contributed by atoms with Crippen LogP contribution < -0.4 is 10.4 Å². The van der Waals surface area contributed by atoms with Crippen molar-refractivity contribution in [2.75, 3.05) is 19.7 Å². The van der Waals surface area contributed by atoms with Gasteiger partial charge in [0.15, 0.2) is 6.61 Å². The molecule has 2 atom stereocenters. The highest BCUT2D eigenvalue weighted by Crippen LogP contribution is 2.31. The number of amides is 2. The molecule has 4 rings (SSSR count). The average molecular weight is 398 g/mol. The molecule has 2 aromatic rings. The van der Waals surface area contributed by atoms with Gasteiger partial charge in [-0.2, -0.15) is 0 Å². The van der Waals surface area contributed by atoms with Gasteiger partial charge in [-0.3, -0.25) is 9.59 Å². The van der Waals surface area contributed by atoms with Gasteiger partial charge < -0.3 is 19.0 Å². The summed E-state index contributed by atoms with van der Waals surface area (Å²) in [6, 6.07) is 3.27. The Morgan fingerprint density at radius 2 is 1.97 bits per heavy atom. The van der Waals surface area contributed by atoms with Gasteiger partial charge in [-0.05, 0) is 63.8 Å². The van der Waals surface area contributed by atoms with E-state index in [1.165, 1.54) is 0 Å². The summed E-state index contributed by atoms with van der Waals surface area (Å²) in [5.74, 6) is 0.316. The number of aryl methyl sites for hydroxylation is 2. The molecule has 154 valence electrons. The lowest BCUT2D eigenvalue weighted by Gasteiger charge is -2.41. The van der Waals surface area contributed by atoms with Gasteiger partial charge in [0.2, 0.25) is 5.91 Å². The zero-order valence-electron chi connectivity index (χ0n) is 17.3. The molecule has 7 heteroatoms. The van der Waals surface area contributed by atoms with Crippen molar-refractivity contribution in [2.45, 2.75) is 52.6 Å². The van der Waals surface area contributed by atoms with E-state index in [-0.39, 0.29) is 30.1 Å². The van der Waals surface area contributed by atoms with Crippen LogP contribution in [0.3, 0.4) is 0 Å². The van der Waals surface area contributed by atoms with Gasteiger partial charge in [0.05, 0.1) is 5.39 Å². The maximum Gasteiger partial charge on any atom is 0.339 e. The average Bonchev–Trinajstić information content (AvgIpc) is 3.15. The lowest BCUT2D eigenvalue weighted by atomic mass is 10.0. The van der Waals surface area contributed by atoms with Crippen LogP contribution in [0, 0.1) is 20.8 Å². The zero-order chi connectivity index (χ0) is 20.9. The third-order valence-corrected chi connectivity index (χ3v) is 6.22. The third kappa shape index (κ3) is 3.28. The Morgan fingerprint density at radius 3 is 2.72 bits per heavy atom. The molecule has 0 aliphatic carbocycles. The first-order valence-electron chi connectivity index (χ1n) is 10.1. The van der Waals surface area contributed by atoms with Crippen LogP contribution in [0.15, 0.2) is 21.3 Å². The van der Waals surface area contributed by atoms with E-state index in [0.29, 0.717) is 28.8 Å². The summed E-state index contributed by atoms with van der Waals surface area (Å²) in [5.41, 5.74) is 2.25. The molecule has 2 amide bonds. The van der Waals surface area contributed by atoms with E-state index in [1.807, 2.05) is 24.8 Å². The topological polar surface area (TPSA) is 80.1 Å². The minimum absolute atomic E-state index is 0.0151. The molecule has 0 unspecified atom stereocenters. The van der Waals surface area contributed by atoms with Crippen molar-refractivity contribution in [3.8, 4) is 5.75 Å². The van der Waals surface area contributed by atoms with E-state index in [4.69, 9.17) is 9.15 Å². The zero-order valence-corrected chi connectivity index (χ0v) is 17.3. The Hall–Kier alpha value is -2.83. The second kappa shape index (κ2) is 7.21. The van der Waals surface area contributed by atoms with Crippen molar-refractivity contribution in [3.05, 3.63) is 39.2 Å². The summed E-state index contributed by atoms with van der Waals surface area (Å²) in [4.78, 5) is 41.0. The molecule has 0 N–H and O–H groups in total. The van der Waals surface area contributed by atoms with Crippen molar-refractivity contribution in [2.24, 2.45) is 0 Å². The van der Waals surface area contributed by atoms with Crippen molar-refractivity contribution in [1.82, 2.24) is 9.80 Å². The molecular formula is C22H26N2O5. The number of fused-ring (bicyclic) bond motifs is 2. The minimum atomic E-state index is -0.475. The number of carbonyl (C=O) groups is 2. The summed E-state index contributed by atoms with van der Waals surface area (Å²) < 4.78 is 11.3. The standard InChI is InChI=1S/C22H26N2O5/c1-12-8-17(20-13(2)14(3)22(27)29-18(20)9-12)28-11-19(25)24-10-16-6-5-7-23(16)21(26)15(24)4/h8-9,15-16H,5-7,10-11H2,1-4H3/t15-,16-/m0/s1. The number of rotatable bonds is 3. The van der Waals surface area contributed by atoms with Crippen LogP contribution in [0.5, 0.6) is 5.75 Å². The molecule has 0 saturated carbocycles. The lowest BCUT2D eigenvalue weighted by molar-refractivity contribution is -0.153. The highest BCUT2D eigenvalue weighted by Gasteiger charge is 2.42. The van der Waals surface area contributed by atoms with E-state index in [1.54, 1.807) is 24.8 Å². The third-order valence-electron chi connectivity index (χ3n) is 6.22. The first-order valence-corrected chi connectivity index (χ1v) is 10.1. The Labute approximate surface area is 169 Å². The Morgan fingerprint density at radius 1 is 1.21 bits per heavy atom. The quantitative estimate of drug-likeness (QED) is 0.742. The van der Waals surface area contributed by atoms with Gasteiger partial charge >= 0.3 is 5.63 Å². The van der Waals surface area contributed by atoms with Gasteiger partial charge in [0.1, 0.15) is 17.4 Å². The van der Waals surface area contributed by atoms with Crippen LogP contribution >= 0.6 is 0 Å². The van der Waals surface area contributed by atoms with Gasteiger partial charge in [-0.15, -0.1) is 0 Å². The van der Waals surface area contributed by atoms with Crippen molar-refractivity contribution >= 4 is 22.8 Å². The van der Waals surface area contributed by atoms with Gasteiger partial charge in [0, 0.05) is 24.7 Å². The van der Waals surface area contributed by atoms with Crippen LogP contribution in [0.2, 0.25) is 0 Å². The van der Waals surface area contributed by atoms with Crippen LogP contribution in [-0.2, 0) is 9.59 Å². The molecule has 1 aromatic carbocycles. The fourth-order valence-corrected chi connectivity index (χ4v) is 4.42. The monoisotopic (exact) mass is 398 g/mol. The predicted octanol–water partition coefficient (Wildman–Crippen LogP) is 2.32. The van der Waals surface area contributed by atoms with Gasteiger partial charge in [-0.25, -0.2) is 4.79 Å². The molecule has 2 saturated heterocycles. The summed E-state index contributed by atoms with van der Waals surface area (Å²) in [7, 11) is 0. The normalized spacial score (nSPS) is 21.6. The van der Waals surface area contributed by atoms with Gasteiger partial charge in [-0.1, -0.05) is 0 Å². The fourth-order valence-electron chi connectivity index (χ4n) is 4.42. The summed E-state index contributed by atoms with van der Waals surface area (Å²) in [6.07, 6.45) is 1.92. The summed E-state index contributed by atoms with van der Waals surface area (Å²) in [6.45, 7) is 8.38. The first kappa shape index (κ1) is 19.5. The molecule has 29 heavy (non-hydrogen) atoms. The molecule has 3 heterocycles. The number of benzene rings is 1. The summed E-state index contributed by atoms with van der Waals surface area (Å²) in [5, 5.41) is 0.699. The molecular weight excluding hydrogens is 372 g/mol. The molecule has 1 aromatic heterocycles. The van der Waals surface area contributed by atoms with E-state index < -0.39 is 6.04 Å². The fraction of sp³-hybridized carbons (Fsp3) is 0.500. The van der Waals surface area contributed by atoms with E-state index in [9.17, 15) is 14.4 Å². The second-order valence-electron chi connectivity index (χ2n) is 8.11. The maximum atomic E-state index is 12.9. The number of nitrogens with zero attached hydrogens (tertiary/aromatic N) is 2. The number of ether oxygens (including phenoxy) is 1. The number of hydrogen-bond acceptors (Lipinski definition) is 5. The molecule has 0 spiro atoms. The number of hydrogen-bond donors (Lipinski definition) is 0. The van der Waals surface area contributed by atoms with E-state index >= 15 is 0 Å². The number of piperazine rings is 1. The largest absolute Gasteiger partial charge is 0.483 e. The molecule has 2 aliphatic rings. The predicted molar refractivity (Wildman–Crippen MR) is 108 cm³/mol. The van der Waals surface area contributed by atoms with E-state index in [2.05, 4.69) is 0 Å². The molecule has 7 nitrogen and oxygen atoms in total. The van der Waals surface area contributed by atoms with E-state index in [0.717, 1.165) is 30.5 Å². The lowest BCUT2D eigenvalue weighted by Crippen LogP contribution is -2.60. The van der Waals surface area contributed by atoms with Crippen molar-refractivity contribution in [1.29, 1.82) is 0 Å². The Bertz CT molecular complexity index is 1060. The van der Waals surface area contributed by atoms with Gasteiger partial charge in [0.25, 0.3) is 5.91 Å². The second-order valence-corrected chi connectivity index (χ2v) is 8.11. The minimum Gasteiger partial charge on any atom is -0.483 e. The summed E-state index contributed by atoms with van der Waals surface area (Å²) >= 11 is 0. The van der Waals surface area contributed by atoms with Crippen LogP contribution in [0.4, 0.5) is 0 Å². The molecule has 2 fully saturated rings. The first-order chi connectivity index (χ1) is 13.8. The smallest absolute Gasteiger partial charge is 0.339 e. The van der Waals surface area contributed by atoms with Crippen LogP contribution in [-0.4, -0.2) is 53.4 Å². The molecule has 0 radical (unpaired) electrons. The number of carbonyl (C=O) groups excluding carboxylic acids is 2. The highest BCUT2D eigenvalue weighted by molar-refractivity contribution is 5.91. The molecule has 2 aliphatic heterocycles. The Balaban J connectivity index is 1.58. The molecule has 0 bridgehead atoms. The maximum absolute atomic E-state index is 12.9.